The summed E-state index contributed by atoms with van der Waals surface area (Å²) in [4.78, 5) is 43.1. The molecule has 0 aromatic heterocycles. The van der Waals surface area contributed by atoms with Crippen molar-refractivity contribution in [3.05, 3.63) is 75.7 Å². The summed E-state index contributed by atoms with van der Waals surface area (Å²) in [7, 11) is 0. The number of amides is 3. The van der Waals surface area contributed by atoms with Gasteiger partial charge in [0.2, 0.25) is 11.8 Å². The second kappa shape index (κ2) is 7.29. The predicted octanol–water partition coefficient (Wildman–Crippen LogP) is 4.76. The van der Waals surface area contributed by atoms with Crippen LogP contribution in [-0.2, 0) is 9.59 Å². The van der Waals surface area contributed by atoms with Gasteiger partial charge in [-0.3, -0.25) is 24.2 Å². The fourth-order valence-electron chi connectivity index (χ4n) is 5.97. The largest absolute Gasteiger partial charge is 0.288 e. The molecule has 1 aliphatic heterocycles. The zero-order valence-electron chi connectivity index (χ0n) is 17.0. The molecular formula is C25H20BrClN2O3. The quantitative estimate of drug-likeness (QED) is 0.439. The van der Waals surface area contributed by atoms with Crippen LogP contribution >= 0.6 is 27.5 Å². The van der Waals surface area contributed by atoms with Gasteiger partial charge in [0.1, 0.15) is 6.67 Å². The minimum absolute atomic E-state index is 0.141. The molecule has 0 N–H and O–H groups in total. The molecule has 5 nitrogen and oxygen atoms in total. The first-order chi connectivity index (χ1) is 15.5. The van der Waals surface area contributed by atoms with Gasteiger partial charge in [-0.1, -0.05) is 51.8 Å². The summed E-state index contributed by atoms with van der Waals surface area (Å²) in [6.07, 6.45) is 5.41. The second-order valence-electron chi connectivity index (χ2n) is 9.09. The molecule has 32 heavy (non-hydrogen) atoms. The Morgan fingerprint density at radius 1 is 0.969 bits per heavy atom. The van der Waals surface area contributed by atoms with Crippen molar-refractivity contribution >= 4 is 50.9 Å². The number of imide groups is 1. The maximum Gasteiger partial charge on any atom is 0.259 e. The average molecular weight is 512 g/mol. The molecule has 162 valence electrons. The van der Waals surface area contributed by atoms with E-state index in [2.05, 4.69) is 28.1 Å². The van der Waals surface area contributed by atoms with Crippen molar-refractivity contribution in [2.45, 2.75) is 6.42 Å². The third kappa shape index (κ3) is 2.92. The minimum Gasteiger partial charge on any atom is -0.288 e. The number of para-hydroxylation sites is 1. The Morgan fingerprint density at radius 3 is 2.16 bits per heavy atom. The van der Waals surface area contributed by atoms with E-state index < -0.39 is 0 Å². The maximum atomic E-state index is 13.5. The summed E-state index contributed by atoms with van der Waals surface area (Å²) in [5, 5.41) is 0.387. The molecule has 2 bridgehead atoms. The van der Waals surface area contributed by atoms with Gasteiger partial charge in [-0.2, -0.15) is 0 Å². The highest BCUT2D eigenvalue weighted by Crippen LogP contribution is 2.65. The van der Waals surface area contributed by atoms with Gasteiger partial charge in [-0.05, 0) is 66.5 Å². The van der Waals surface area contributed by atoms with E-state index in [1.807, 2.05) is 0 Å². The van der Waals surface area contributed by atoms with Crippen LogP contribution in [0.25, 0.3) is 0 Å². The van der Waals surface area contributed by atoms with E-state index in [0.29, 0.717) is 28.1 Å². The number of allylic oxidation sites excluding steroid dienone is 2. The van der Waals surface area contributed by atoms with Crippen molar-refractivity contribution in [2.75, 3.05) is 11.6 Å². The fraction of sp³-hybridized carbons (Fsp3) is 0.320. The number of rotatable bonds is 4. The lowest BCUT2D eigenvalue weighted by Gasteiger charge is -2.37. The number of halogens is 2. The monoisotopic (exact) mass is 510 g/mol. The predicted molar refractivity (Wildman–Crippen MR) is 124 cm³/mol. The van der Waals surface area contributed by atoms with Gasteiger partial charge >= 0.3 is 0 Å². The molecule has 0 radical (unpaired) electrons. The zero-order valence-corrected chi connectivity index (χ0v) is 19.4. The standard InChI is InChI=1S/C25H20BrClN2O3/c26-14-7-5-13(6-8-14)23(30)28(20-4-2-1-3-19(20)27)12-29-24(31)21-15-9-10-16(18-11-17(15)18)22(21)25(29)32/h1-10,15-18,21-22H,11-12H2. The Hall–Kier alpha value is -2.44. The van der Waals surface area contributed by atoms with Crippen LogP contribution < -0.4 is 4.90 Å². The molecular weight excluding hydrogens is 492 g/mol. The van der Waals surface area contributed by atoms with Crippen molar-refractivity contribution in [3.63, 3.8) is 0 Å². The van der Waals surface area contributed by atoms with Crippen LogP contribution in [0, 0.1) is 35.5 Å². The Bertz CT molecular complexity index is 1140. The highest BCUT2D eigenvalue weighted by molar-refractivity contribution is 9.10. The van der Waals surface area contributed by atoms with E-state index in [4.69, 9.17) is 11.6 Å². The molecule has 7 heteroatoms. The fourth-order valence-corrected chi connectivity index (χ4v) is 6.47. The van der Waals surface area contributed by atoms with Gasteiger partial charge in [0.05, 0.1) is 22.5 Å². The van der Waals surface area contributed by atoms with Gasteiger partial charge in [-0.25, -0.2) is 0 Å². The molecule has 1 heterocycles. The molecule has 2 aromatic rings. The number of hydrogen-bond acceptors (Lipinski definition) is 3. The number of carbonyl (C=O) groups is 3. The Balaban J connectivity index is 1.35. The molecule has 6 atom stereocenters. The van der Waals surface area contributed by atoms with Crippen LogP contribution in [0.5, 0.6) is 0 Å². The first-order valence-corrected chi connectivity index (χ1v) is 12.0. The van der Waals surface area contributed by atoms with Crippen LogP contribution in [0.1, 0.15) is 16.8 Å². The molecule has 3 fully saturated rings. The third-order valence-corrected chi connectivity index (χ3v) is 8.36. The van der Waals surface area contributed by atoms with Crippen LogP contribution in [0.3, 0.4) is 0 Å². The summed E-state index contributed by atoms with van der Waals surface area (Å²) >= 11 is 9.82. The Labute approximate surface area is 199 Å². The molecule has 2 saturated carbocycles. The third-order valence-electron chi connectivity index (χ3n) is 7.52. The van der Waals surface area contributed by atoms with Crippen molar-refractivity contribution in [3.8, 4) is 0 Å². The summed E-state index contributed by atoms with van der Waals surface area (Å²) < 4.78 is 0.855. The lowest BCUT2D eigenvalue weighted by atomic mass is 9.63. The van der Waals surface area contributed by atoms with Crippen LogP contribution in [-0.4, -0.2) is 29.3 Å². The lowest BCUT2D eigenvalue weighted by Crippen LogP contribution is -2.45. The molecule has 4 aliphatic carbocycles. The number of carbonyl (C=O) groups excluding carboxylic acids is 3. The smallest absolute Gasteiger partial charge is 0.259 e. The number of benzene rings is 2. The first kappa shape index (κ1) is 20.2. The normalized spacial score (nSPS) is 31.5. The van der Waals surface area contributed by atoms with E-state index in [1.54, 1.807) is 48.5 Å². The summed E-state index contributed by atoms with van der Waals surface area (Å²) in [5.41, 5.74) is 0.925. The molecule has 6 unspecified atom stereocenters. The topological polar surface area (TPSA) is 57.7 Å². The van der Waals surface area contributed by atoms with Gasteiger partial charge in [0, 0.05) is 10.0 Å². The molecule has 5 aliphatic rings. The molecule has 3 amide bonds. The van der Waals surface area contributed by atoms with Gasteiger partial charge in [-0.15, -0.1) is 0 Å². The average Bonchev–Trinajstić information content (AvgIpc) is 3.58. The second-order valence-corrected chi connectivity index (χ2v) is 10.4. The highest BCUT2D eigenvalue weighted by atomic mass is 79.9. The molecule has 2 aromatic carbocycles. The van der Waals surface area contributed by atoms with Gasteiger partial charge < -0.3 is 0 Å². The number of hydrogen-bond donors (Lipinski definition) is 0. The summed E-state index contributed by atoms with van der Waals surface area (Å²) in [6, 6.07) is 14.0. The lowest BCUT2D eigenvalue weighted by molar-refractivity contribution is -0.140. The highest BCUT2D eigenvalue weighted by Gasteiger charge is 2.67. The Morgan fingerprint density at radius 2 is 1.56 bits per heavy atom. The number of nitrogens with zero attached hydrogens (tertiary/aromatic N) is 2. The van der Waals surface area contributed by atoms with Crippen molar-refractivity contribution in [2.24, 2.45) is 35.5 Å². The van der Waals surface area contributed by atoms with E-state index in [1.165, 1.54) is 9.80 Å². The van der Waals surface area contributed by atoms with Crippen LogP contribution in [0.15, 0.2) is 65.2 Å². The van der Waals surface area contributed by atoms with E-state index in [0.717, 1.165) is 10.9 Å². The maximum absolute atomic E-state index is 13.5. The van der Waals surface area contributed by atoms with Crippen molar-refractivity contribution in [1.29, 1.82) is 0 Å². The van der Waals surface area contributed by atoms with Crippen LogP contribution in [0.4, 0.5) is 5.69 Å². The number of anilines is 1. The van der Waals surface area contributed by atoms with Gasteiger partial charge in [0.25, 0.3) is 5.91 Å². The minimum atomic E-state index is -0.315. The Kier molecular flexibility index (Phi) is 4.60. The zero-order chi connectivity index (χ0) is 22.1. The molecule has 1 saturated heterocycles. The summed E-state index contributed by atoms with van der Waals surface area (Å²) in [5.74, 6) is 0.133. The first-order valence-electron chi connectivity index (χ1n) is 10.8. The van der Waals surface area contributed by atoms with E-state index >= 15 is 0 Å². The SMILES string of the molecule is O=C1C2C3C=CC(C4CC34)C2C(=O)N1CN(C(=O)c1ccc(Br)cc1)c1ccccc1Cl. The summed E-state index contributed by atoms with van der Waals surface area (Å²) in [6.45, 7) is -0.141. The molecule has 7 rings (SSSR count). The van der Waals surface area contributed by atoms with Gasteiger partial charge in [0.15, 0.2) is 0 Å². The van der Waals surface area contributed by atoms with E-state index in [9.17, 15) is 14.4 Å². The van der Waals surface area contributed by atoms with Crippen LogP contribution in [0.2, 0.25) is 5.02 Å². The van der Waals surface area contributed by atoms with Crippen molar-refractivity contribution in [1.82, 2.24) is 4.90 Å². The number of likely N-dealkylation sites (tertiary alicyclic amines) is 1. The van der Waals surface area contributed by atoms with Crippen molar-refractivity contribution < 1.29 is 14.4 Å². The van der Waals surface area contributed by atoms with E-state index in [-0.39, 0.29) is 48.1 Å². The molecule has 0 spiro atoms.